The maximum absolute atomic E-state index is 4.22. The summed E-state index contributed by atoms with van der Waals surface area (Å²) in [6.07, 6.45) is 0. The van der Waals surface area contributed by atoms with Gasteiger partial charge in [-0.2, -0.15) is 0 Å². The molecule has 0 atom stereocenters. The van der Waals surface area contributed by atoms with E-state index in [1.807, 2.05) is 34.2 Å². The Hall–Kier alpha value is -1.72. The molecule has 0 aliphatic heterocycles. The molecule has 3 rings (SSSR count). The first kappa shape index (κ1) is 12.3. The predicted octanol–water partition coefficient (Wildman–Crippen LogP) is 2.65. The van der Waals surface area contributed by atoms with Crippen molar-refractivity contribution < 1.29 is 0 Å². The van der Waals surface area contributed by atoms with E-state index >= 15 is 0 Å². The van der Waals surface area contributed by atoms with Crippen molar-refractivity contribution in [3.05, 3.63) is 46.2 Å². The molecule has 4 nitrogen and oxygen atoms in total. The molecular formula is C14H16N4S. The third kappa shape index (κ3) is 2.67. The summed E-state index contributed by atoms with van der Waals surface area (Å²) >= 11 is 1.83. The molecule has 98 valence electrons. The lowest BCUT2D eigenvalue weighted by Crippen LogP contribution is -2.10. The average Bonchev–Trinajstić information content (AvgIpc) is 3.05. The van der Waals surface area contributed by atoms with Gasteiger partial charge in [0.25, 0.3) is 0 Å². The SMILES string of the molecule is CCNCc1ccc(Cn2nnc3ccccc32)s1. The first-order valence-electron chi connectivity index (χ1n) is 6.43. The number of aromatic nitrogens is 3. The van der Waals surface area contributed by atoms with E-state index in [0.717, 1.165) is 30.7 Å². The molecule has 0 aliphatic carbocycles. The zero-order valence-electron chi connectivity index (χ0n) is 10.8. The molecular weight excluding hydrogens is 256 g/mol. The summed E-state index contributed by atoms with van der Waals surface area (Å²) in [5, 5.41) is 11.7. The van der Waals surface area contributed by atoms with Gasteiger partial charge in [0.05, 0.1) is 12.1 Å². The Bertz CT molecular complexity index is 671. The minimum atomic E-state index is 0.789. The van der Waals surface area contributed by atoms with Crippen molar-refractivity contribution in [1.29, 1.82) is 0 Å². The summed E-state index contributed by atoms with van der Waals surface area (Å²) in [6.45, 7) is 4.85. The topological polar surface area (TPSA) is 42.7 Å². The van der Waals surface area contributed by atoms with Crippen LogP contribution in [-0.4, -0.2) is 21.5 Å². The van der Waals surface area contributed by atoms with Gasteiger partial charge in [0.1, 0.15) is 5.52 Å². The molecule has 0 fully saturated rings. The van der Waals surface area contributed by atoms with E-state index in [1.165, 1.54) is 9.75 Å². The lowest BCUT2D eigenvalue weighted by atomic mass is 10.3. The second-order valence-corrected chi connectivity index (χ2v) is 5.64. The molecule has 0 bridgehead atoms. The number of hydrogen-bond donors (Lipinski definition) is 1. The molecule has 0 aliphatic rings. The molecule has 0 saturated carbocycles. The second-order valence-electron chi connectivity index (χ2n) is 4.38. The van der Waals surface area contributed by atoms with Crippen molar-refractivity contribution in [2.45, 2.75) is 20.0 Å². The predicted molar refractivity (Wildman–Crippen MR) is 78.3 cm³/mol. The van der Waals surface area contributed by atoms with Crippen molar-refractivity contribution in [3.63, 3.8) is 0 Å². The molecule has 19 heavy (non-hydrogen) atoms. The van der Waals surface area contributed by atoms with Crippen LogP contribution in [0.15, 0.2) is 36.4 Å². The Kier molecular flexibility index (Phi) is 3.57. The van der Waals surface area contributed by atoms with E-state index in [2.05, 4.69) is 40.8 Å². The highest BCUT2D eigenvalue weighted by Crippen LogP contribution is 2.19. The minimum Gasteiger partial charge on any atom is -0.312 e. The van der Waals surface area contributed by atoms with Crippen LogP contribution in [0, 0.1) is 0 Å². The first-order valence-corrected chi connectivity index (χ1v) is 7.25. The third-order valence-corrected chi connectivity index (χ3v) is 4.06. The number of nitrogens with zero attached hydrogens (tertiary/aromatic N) is 3. The fourth-order valence-corrected chi connectivity index (χ4v) is 3.00. The van der Waals surface area contributed by atoms with Crippen LogP contribution in [0.4, 0.5) is 0 Å². The first-order chi connectivity index (χ1) is 9.36. The number of nitrogens with one attached hydrogen (secondary N) is 1. The molecule has 0 saturated heterocycles. The summed E-state index contributed by atoms with van der Waals surface area (Å²) in [4.78, 5) is 2.67. The highest BCUT2D eigenvalue weighted by molar-refractivity contribution is 7.11. The van der Waals surface area contributed by atoms with Crippen molar-refractivity contribution in [1.82, 2.24) is 20.3 Å². The number of hydrogen-bond acceptors (Lipinski definition) is 4. The van der Waals surface area contributed by atoms with Gasteiger partial charge in [-0.1, -0.05) is 24.3 Å². The summed E-state index contributed by atoms with van der Waals surface area (Å²) in [7, 11) is 0. The van der Waals surface area contributed by atoms with Gasteiger partial charge in [0, 0.05) is 16.3 Å². The van der Waals surface area contributed by atoms with Crippen molar-refractivity contribution in [2.75, 3.05) is 6.54 Å². The van der Waals surface area contributed by atoms with Crippen LogP contribution >= 0.6 is 11.3 Å². The number of fused-ring (bicyclic) bond motifs is 1. The summed E-state index contributed by atoms with van der Waals surface area (Å²) in [5.41, 5.74) is 2.04. The average molecular weight is 272 g/mol. The summed E-state index contributed by atoms with van der Waals surface area (Å²) in [5.74, 6) is 0. The number of thiophene rings is 1. The van der Waals surface area contributed by atoms with Gasteiger partial charge in [-0.15, -0.1) is 16.4 Å². The molecule has 0 amide bonds. The largest absolute Gasteiger partial charge is 0.312 e. The van der Waals surface area contributed by atoms with Gasteiger partial charge < -0.3 is 5.32 Å². The number of para-hydroxylation sites is 1. The number of rotatable bonds is 5. The summed E-state index contributed by atoms with van der Waals surface area (Å²) < 4.78 is 1.96. The quantitative estimate of drug-likeness (QED) is 0.776. The fraction of sp³-hybridized carbons (Fsp3) is 0.286. The Morgan fingerprint density at radius 3 is 2.89 bits per heavy atom. The molecule has 5 heteroatoms. The third-order valence-electron chi connectivity index (χ3n) is 2.99. The highest BCUT2D eigenvalue weighted by Gasteiger charge is 2.06. The van der Waals surface area contributed by atoms with Gasteiger partial charge >= 0.3 is 0 Å². The second kappa shape index (κ2) is 5.50. The van der Waals surface area contributed by atoms with Crippen LogP contribution in [0.5, 0.6) is 0 Å². The van der Waals surface area contributed by atoms with Crippen molar-refractivity contribution >= 4 is 22.4 Å². The standard InChI is InChI=1S/C14H16N4S/c1-2-15-9-11-7-8-12(19-11)10-18-14-6-4-3-5-13(14)16-17-18/h3-8,15H,2,9-10H2,1H3. The molecule has 1 N–H and O–H groups in total. The van der Waals surface area contributed by atoms with Crippen LogP contribution in [0.25, 0.3) is 11.0 Å². The maximum Gasteiger partial charge on any atom is 0.113 e. The fourth-order valence-electron chi connectivity index (χ4n) is 2.03. The van der Waals surface area contributed by atoms with Gasteiger partial charge in [0.15, 0.2) is 0 Å². The monoisotopic (exact) mass is 272 g/mol. The van der Waals surface area contributed by atoms with Gasteiger partial charge in [-0.25, -0.2) is 4.68 Å². The Morgan fingerprint density at radius 1 is 1.16 bits per heavy atom. The smallest absolute Gasteiger partial charge is 0.113 e. The van der Waals surface area contributed by atoms with Crippen molar-refractivity contribution in [3.8, 4) is 0 Å². The Balaban J connectivity index is 1.79. The van der Waals surface area contributed by atoms with Crippen LogP contribution in [-0.2, 0) is 13.1 Å². The van der Waals surface area contributed by atoms with Gasteiger partial charge in [-0.05, 0) is 30.8 Å². The Labute approximate surface area is 116 Å². The van der Waals surface area contributed by atoms with Gasteiger partial charge in [0.2, 0.25) is 0 Å². The van der Waals surface area contributed by atoms with Crippen LogP contribution in [0.3, 0.4) is 0 Å². The molecule has 1 aromatic carbocycles. The Morgan fingerprint density at radius 2 is 2.00 bits per heavy atom. The van der Waals surface area contributed by atoms with Gasteiger partial charge in [-0.3, -0.25) is 0 Å². The van der Waals surface area contributed by atoms with E-state index in [4.69, 9.17) is 0 Å². The van der Waals surface area contributed by atoms with E-state index in [0.29, 0.717) is 0 Å². The normalized spacial score (nSPS) is 11.2. The van der Waals surface area contributed by atoms with E-state index in [1.54, 1.807) is 0 Å². The molecule has 2 heterocycles. The zero-order valence-corrected chi connectivity index (χ0v) is 11.7. The zero-order chi connectivity index (χ0) is 13.1. The summed E-state index contributed by atoms with van der Waals surface area (Å²) in [6, 6.07) is 12.4. The van der Waals surface area contributed by atoms with E-state index in [9.17, 15) is 0 Å². The van der Waals surface area contributed by atoms with Crippen LogP contribution in [0.1, 0.15) is 16.7 Å². The molecule has 0 unspecified atom stereocenters. The van der Waals surface area contributed by atoms with E-state index in [-0.39, 0.29) is 0 Å². The molecule has 2 aromatic heterocycles. The van der Waals surface area contributed by atoms with Crippen LogP contribution < -0.4 is 5.32 Å². The molecule has 0 spiro atoms. The highest BCUT2D eigenvalue weighted by atomic mass is 32.1. The molecule has 3 aromatic rings. The maximum atomic E-state index is 4.22. The lowest BCUT2D eigenvalue weighted by molar-refractivity contribution is 0.676. The van der Waals surface area contributed by atoms with E-state index < -0.39 is 0 Å². The number of benzene rings is 1. The van der Waals surface area contributed by atoms with Crippen LogP contribution in [0.2, 0.25) is 0 Å². The van der Waals surface area contributed by atoms with Crippen molar-refractivity contribution in [2.24, 2.45) is 0 Å². The minimum absolute atomic E-state index is 0.789. The molecule has 0 radical (unpaired) electrons. The lowest BCUT2D eigenvalue weighted by Gasteiger charge is -1.99.